The van der Waals surface area contributed by atoms with Crippen molar-refractivity contribution < 1.29 is 9.47 Å². The highest BCUT2D eigenvalue weighted by atomic mass is 16.7. The zero-order valence-corrected chi connectivity index (χ0v) is 10.4. The van der Waals surface area contributed by atoms with Gasteiger partial charge in [0.2, 0.25) is 0 Å². The van der Waals surface area contributed by atoms with Gasteiger partial charge in [0.1, 0.15) is 0 Å². The van der Waals surface area contributed by atoms with Gasteiger partial charge in [0, 0.05) is 12.8 Å². The predicted octanol–water partition coefficient (Wildman–Crippen LogP) is 3.60. The number of hydrogen-bond donors (Lipinski definition) is 0. The van der Waals surface area contributed by atoms with E-state index < -0.39 is 0 Å². The van der Waals surface area contributed by atoms with E-state index in [0.29, 0.717) is 0 Å². The summed E-state index contributed by atoms with van der Waals surface area (Å²) in [7, 11) is 0. The van der Waals surface area contributed by atoms with Crippen LogP contribution in [0.2, 0.25) is 0 Å². The molecule has 2 nitrogen and oxygen atoms in total. The maximum absolute atomic E-state index is 5.55. The molecule has 0 N–H and O–H groups in total. The maximum Gasteiger partial charge on any atom is 0.168 e. The van der Waals surface area contributed by atoms with E-state index in [2.05, 4.69) is 6.92 Å². The minimum absolute atomic E-state index is 0.139. The molecule has 1 unspecified atom stereocenters. The Bertz CT molecular complexity index is 128. The maximum atomic E-state index is 5.55. The Kier molecular flexibility index (Phi) is 7.20. The fourth-order valence-corrected chi connectivity index (χ4v) is 1.96. The Labute approximate surface area is 89.0 Å². The Morgan fingerprint density at radius 2 is 1.50 bits per heavy atom. The van der Waals surface area contributed by atoms with Gasteiger partial charge in [-0.25, -0.2) is 0 Å². The zero-order chi connectivity index (χ0) is 11.0. The van der Waals surface area contributed by atoms with Crippen molar-refractivity contribution in [1.29, 1.82) is 0 Å². The van der Waals surface area contributed by atoms with E-state index in [1.165, 1.54) is 6.42 Å². The van der Waals surface area contributed by atoms with Gasteiger partial charge < -0.3 is 9.47 Å². The van der Waals surface area contributed by atoms with Crippen LogP contribution in [0.25, 0.3) is 0 Å². The Morgan fingerprint density at radius 3 is 1.86 bits per heavy atom. The normalized spacial score (nSPS) is 27.6. The lowest BCUT2D eigenvalue weighted by Crippen LogP contribution is -2.25. The smallest absolute Gasteiger partial charge is 0.168 e. The van der Waals surface area contributed by atoms with Crippen molar-refractivity contribution >= 4 is 0 Å². The molecule has 0 radical (unpaired) electrons. The van der Waals surface area contributed by atoms with Gasteiger partial charge in [0.25, 0.3) is 0 Å². The molecule has 14 heavy (non-hydrogen) atoms. The average Bonchev–Trinajstić information content (AvgIpc) is 2.84. The summed E-state index contributed by atoms with van der Waals surface area (Å²) in [4.78, 5) is 0. The number of hydrogen-bond acceptors (Lipinski definition) is 2. The molecule has 1 aliphatic carbocycles. The van der Waals surface area contributed by atoms with Crippen LogP contribution in [0.3, 0.4) is 0 Å². The van der Waals surface area contributed by atoms with Gasteiger partial charge in [-0.2, -0.15) is 0 Å². The average molecular weight is 202 g/mol. The molecule has 1 heterocycles. The Morgan fingerprint density at radius 1 is 1.00 bits per heavy atom. The van der Waals surface area contributed by atoms with Crippen LogP contribution in [-0.2, 0) is 9.47 Å². The van der Waals surface area contributed by atoms with Crippen LogP contribution in [0.15, 0.2) is 0 Å². The lowest BCUT2D eigenvalue weighted by molar-refractivity contribution is -0.152. The van der Waals surface area contributed by atoms with E-state index in [0.717, 1.165) is 32.0 Å². The van der Waals surface area contributed by atoms with Crippen LogP contribution in [0.5, 0.6) is 0 Å². The monoisotopic (exact) mass is 202 g/mol. The number of rotatable bonds is 0. The summed E-state index contributed by atoms with van der Waals surface area (Å²) in [5.41, 5.74) is 0. The first-order chi connectivity index (χ1) is 6.81. The third-order valence-electron chi connectivity index (χ3n) is 2.49. The van der Waals surface area contributed by atoms with Crippen molar-refractivity contribution in [3.8, 4) is 0 Å². The van der Waals surface area contributed by atoms with Crippen molar-refractivity contribution in [3.05, 3.63) is 0 Å². The van der Waals surface area contributed by atoms with Crippen LogP contribution < -0.4 is 0 Å². The Balaban J connectivity index is 0.000000379. The van der Waals surface area contributed by atoms with E-state index in [-0.39, 0.29) is 5.79 Å². The summed E-state index contributed by atoms with van der Waals surface area (Å²) < 4.78 is 11.1. The van der Waals surface area contributed by atoms with Crippen molar-refractivity contribution in [3.63, 3.8) is 0 Å². The summed E-state index contributed by atoms with van der Waals surface area (Å²) in [6, 6.07) is 0. The Hall–Kier alpha value is -0.0800. The molecule has 2 fully saturated rings. The van der Waals surface area contributed by atoms with E-state index in [4.69, 9.17) is 9.47 Å². The van der Waals surface area contributed by atoms with Crippen LogP contribution >= 0.6 is 0 Å². The molecule has 0 bridgehead atoms. The van der Waals surface area contributed by atoms with Gasteiger partial charge in [-0.1, -0.05) is 34.6 Å². The fourth-order valence-electron chi connectivity index (χ4n) is 1.96. The number of ether oxygens (including phenoxy) is 2. The van der Waals surface area contributed by atoms with Crippen molar-refractivity contribution in [2.45, 2.75) is 59.7 Å². The highest BCUT2D eigenvalue weighted by molar-refractivity contribution is 4.83. The molecule has 2 heteroatoms. The lowest BCUT2D eigenvalue weighted by Gasteiger charge is -2.20. The van der Waals surface area contributed by atoms with Gasteiger partial charge in [0.05, 0.1) is 13.2 Å². The first kappa shape index (κ1) is 13.9. The van der Waals surface area contributed by atoms with Crippen molar-refractivity contribution in [1.82, 2.24) is 0 Å². The highest BCUT2D eigenvalue weighted by Gasteiger charge is 2.42. The minimum Gasteiger partial charge on any atom is -0.348 e. The second-order valence-electron chi connectivity index (χ2n) is 3.46. The van der Waals surface area contributed by atoms with E-state index in [1.54, 1.807) is 0 Å². The SMILES string of the molecule is CC.CC.CC1CCC2(C1)OCCO2. The second-order valence-corrected chi connectivity index (χ2v) is 3.46. The molecule has 0 amide bonds. The molecule has 1 atom stereocenters. The third-order valence-corrected chi connectivity index (χ3v) is 2.49. The lowest BCUT2D eigenvalue weighted by atomic mass is 10.1. The van der Waals surface area contributed by atoms with Gasteiger partial charge in [-0.3, -0.25) is 0 Å². The van der Waals surface area contributed by atoms with Crippen LogP contribution in [-0.4, -0.2) is 19.0 Å². The molecular weight excluding hydrogens is 176 g/mol. The highest BCUT2D eigenvalue weighted by Crippen LogP contribution is 2.40. The van der Waals surface area contributed by atoms with Gasteiger partial charge in [-0.05, 0) is 12.3 Å². The summed E-state index contributed by atoms with van der Waals surface area (Å²) in [6.45, 7) is 11.9. The largest absolute Gasteiger partial charge is 0.348 e. The topological polar surface area (TPSA) is 18.5 Å². The van der Waals surface area contributed by atoms with Gasteiger partial charge >= 0.3 is 0 Å². The van der Waals surface area contributed by atoms with Crippen LogP contribution in [0.4, 0.5) is 0 Å². The van der Waals surface area contributed by atoms with Crippen molar-refractivity contribution in [2.75, 3.05) is 13.2 Å². The summed E-state index contributed by atoms with van der Waals surface area (Å²) >= 11 is 0. The molecule has 0 aromatic rings. The predicted molar refractivity (Wildman–Crippen MR) is 60.3 cm³/mol. The molecule has 2 aliphatic rings. The first-order valence-corrected chi connectivity index (χ1v) is 6.09. The molecule has 1 saturated heterocycles. The van der Waals surface area contributed by atoms with E-state index >= 15 is 0 Å². The molecule has 2 rings (SSSR count). The molecule has 1 aliphatic heterocycles. The molecule has 0 aromatic carbocycles. The quantitative estimate of drug-likeness (QED) is 0.597. The zero-order valence-electron chi connectivity index (χ0n) is 10.4. The molecular formula is C12H26O2. The van der Waals surface area contributed by atoms with Crippen LogP contribution in [0, 0.1) is 5.92 Å². The molecule has 1 saturated carbocycles. The molecule has 1 spiro atoms. The first-order valence-electron chi connectivity index (χ1n) is 6.09. The third kappa shape index (κ3) is 3.58. The standard InChI is InChI=1S/C8H14O2.2C2H6/c1-7-2-3-8(6-7)9-4-5-10-8;2*1-2/h7H,2-6H2,1H3;2*1-2H3. The van der Waals surface area contributed by atoms with E-state index in [9.17, 15) is 0 Å². The van der Waals surface area contributed by atoms with Crippen LogP contribution in [0.1, 0.15) is 53.9 Å². The van der Waals surface area contributed by atoms with Gasteiger partial charge in [0.15, 0.2) is 5.79 Å². The van der Waals surface area contributed by atoms with Crippen molar-refractivity contribution in [2.24, 2.45) is 5.92 Å². The van der Waals surface area contributed by atoms with Gasteiger partial charge in [-0.15, -0.1) is 0 Å². The second kappa shape index (κ2) is 7.24. The fraction of sp³-hybridized carbons (Fsp3) is 1.00. The summed E-state index contributed by atoms with van der Waals surface area (Å²) in [5, 5.41) is 0. The minimum atomic E-state index is -0.139. The molecule has 86 valence electrons. The summed E-state index contributed by atoms with van der Waals surface area (Å²) in [6.07, 6.45) is 3.47. The molecule has 0 aromatic heterocycles. The van der Waals surface area contributed by atoms with E-state index in [1.807, 2.05) is 27.7 Å². The summed E-state index contributed by atoms with van der Waals surface area (Å²) in [5.74, 6) is 0.650.